The Morgan fingerprint density at radius 1 is 0.852 bits per heavy atom. The molecule has 2 N–H and O–H groups in total. The zero-order chi connectivity index (χ0) is 19.4. The summed E-state index contributed by atoms with van der Waals surface area (Å²) in [5.74, 6) is -0.188. The summed E-state index contributed by atoms with van der Waals surface area (Å²) in [5, 5.41) is 13.6. The Bertz CT molecular complexity index is 871. The monoisotopic (exact) mass is 359 g/mol. The predicted molar refractivity (Wildman–Crippen MR) is 109 cm³/mol. The van der Waals surface area contributed by atoms with E-state index in [9.17, 15) is 9.90 Å². The molecule has 3 heteroatoms. The van der Waals surface area contributed by atoms with Crippen LogP contribution in [0, 0.1) is 20.8 Å². The first-order valence-electron chi connectivity index (χ1n) is 9.10. The Morgan fingerprint density at radius 2 is 1.30 bits per heavy atom. The third-order valence-corrected chi connectivity index (χ3v) is 5.00. The molecule has 0 heterocycles. The standard InChI is InChI=1S/C24H25NO2/c1-17-14-18(2)22(19(3)15-17)23(27)25-24(16-26,20-10-6-4-7-11-20)21-12-8-5-9-13-21/h4-15,26H,16H2,1-3H3,(H,25,27). The van der Waals surface area contributed by atoms with Gasteiger partial charge in [0.15, 0.2) is 0 Å². The van der Waals surface area contributed by atoms with Gasteiger partial charge in [0.05, 0.1) is 6.61 Å². The molecule has 3 rings (SSSR count). The minimum atomic E-state index is -1.01. The van der Waals surface area contributed by atoms with E-state index < -0.39 is 5.54 Å². The molecule has 0 fully saturated rings. The van der Waals surface area contributed by atoms with Gasteiger partial charge in [-0.3, -0.25) is 4.79 Å². The van der Waals surface area contributed by atoms with Crippen LogP contribution in [-0.2, 0) is 5.54 Å². The van der Waals surface area contributed by atoms with Crippen molar-refractivity contribution in [3.63, 3.8) is 0 Å². The molecule has 138 valence electrons. The lowest BCUT2D eigenvalue weighted by molar-refractivity contribution is 0.0867. The van der Waals surface area contributed by atoms with Gasteiger partial charge in [0.1, 0.15) is 5.54 Å². The van der Waals surface area contributed by atoms with Crippen molar-refractivity contribution in [2.24, 2.45) is 0 Å². The van der Waals surface area contributed by atoms with Crippen molar-refractivity contribution in [1.82, 2.24) is 5.32 Å². The van der Waals surface area contributed by atoms with Gasteiger partial charge >= 0.3 is 0 Å². The molecule has 0 unspecified atom stereocenters. The molecule has 1 amide bonds. The fraction of sp³-hybridized carbons (Fsp3) is 0.208. The van der Waals surface area contributed by atoms with Crippen molar-refractivity contribution in [3.8, 4) is 0 Å². The molecule has 0 spiro atoms. The van der Waals surface area contributed by atoms with Crippen LogP contribution in [0.5, 0.6) is 0 Å². The van der Waals surface area contributed by atoms with Gasteiger partial charge in [-0.25, -0.2) is 0 Å². The average molecular weight is 359 g/mol. The van der Waals surface area contributed by atoms with Gasteiger partial charge in [-0.1, -0.05) is 78.4 Å². The SMILES string of the molecule is Cc1cc(C)c(C(=O)NC(CO)(c2ccccc2)c2ccccc2)c(C)c1. The summed E-state index contributed by atoms with van der Waals surface area (Å²) in [5.41, 5.74) is 4.31. The molecule has 0 aliphatic heterocycles. The van der Waals surface area contributed by atoms with E-state index in [1.807, 2.05) is 93.6 Å². The largest absolute Gasteiger partial charge is 0.393 e. The van der Waals surface area contributed by atoms with E-state index >= 15 is 0 Å². The summed E-state index contributed by atoms with van der Waals surface area (Å²) in [6, 6.07) is 23.2. The molecule has 0 aliphatic carbocycles. The van der Waals surface area contributed by atoms with Gasteiger partial charge in [0.25, 0.3) is 5.91 Å². The van der Waals surface area contributed by atoms with Crippen LogP contribution in [0.15, 0.2) is 72.8 Å². The summed E-state index contributed by atoms with van der Waals surface area (Å²) >= 11 is 0. The van der Waals surface area contributed by atoms with Crippen LogP contribution < -0.4 is 5.32 Å². The number of carbonyl (C=O) groups excluding carboxylic acids is 1. The topological polar surface area (TPSA) is 49.3 Å². The minimum absolute atomic E-state index is 0.188. The fourth-order valence-electron chi connectivity index (χ4n) is 3.77. The second-order valence-electron chi connectivity index (χ2n) is 7.02. The van der Waals surface area contributed by atoms with E-state index in [1.54, 1.807) is 0 Å². The van der Waals surface area contributed by atoms with Gasteiger partial charge < -0.3 is 10.4 Å². The maximum Gasteiger partial charge on any atom is 0.252 e. The predicted octanol–water partition coefficient (Wildman–Crippen LogP) is 4.28. The van der Waals surface area contributed by atoms with Crippen molar-refractivity contribution < 1.29 is 9.90 Å². The second-order valence-corrected chi connectivity index (χ2v) is 7.02. The Morgan fingerprint density at radius 3 is 1.70 bits per heavy atom. The fourth-order valence-corrected chi connectivity index (χ4v) is 3.77. The molecule has 0 saturated carbocycles. The maximum atomic E-state index is 13.3. The van der Waals surface area contributed by atoms with Crippen molar-refractivity contribution in [2.75, 3.05) is 6.61 Å². The first kappa shape index (κ1) is 18.9. The number of aryl methyl sites for hydroxylation is 3. The summed E-state index contributed by atoms with van der Waals surface area (Å²) in [4.78, 5) is 13.3. The summed E-state index contributed by atoms with van der Waals surface area (Å²) < 4.78 is 0. The number of aliphatic hydroxyl groups is 1. The van der Waals surface area contributed by atoms with E-state index in [0.29, 0.717) is 5.56 Å². The average Bonchev–Trinajstić information content (AvgIpc) is 2.67. The summed E-state index contributed by atoms with van der Waals surface area (Å²) in [7, 11) is 0. The molecular weight excluding hydrogens is 334 g/mol. The molecule has 3 aromatic carbocycles. The minimum Gasteiger partial charge on any atom is -0.393 e. The van der Waals surface area contributed by atoms with Gasteiger partial charge in [0, 0.05) is 5.56 Å². The number of hydrogen-bond donors (Lipinski definition) is 2. The number of carbonyl (C=O) groups is 1. The lowest BCUT2D eigenvalue weighted by atomic mass is 9.82. The van der Waals surface area contributed by atoms with E-state index in [1.165, 1.54) is 0 Å². The van der Waals surface area contributed by atoms with Gasteiger partial charge in [0.2, 0.25) is 0 Å². The molecular formula is C24H25NO2. The normalized spacial score (nSPS) is 11.3. The second kappa shape index (κ2) is 7.77. The van der Waals surface area contributed by atoms with E-state index in [-0.39, 0.29) is 12.5 Å². The number of aliphatic hydroxyl groups excluding tert-OH is 1. The van der Waals surface area contributed by atoms with Crippen molar-refractivity contribution in [2.45, 2.75) is 26.3 Å². The molecule has 3 aromatic rings. The smallest absolute Gasteiger partial charge is 0.252 e. The zero-order valence-electron chi connectivity index (χ0n) is 16.0. The zero-order valence-corrected chi connectivity index (χ0v) is 16.0. The highest BCUT2D eigenvalue weighted by Gasteiger charge is 2.36. The number of hydrogen-bond acceptors (Lipinski definition) is 2. The molecule has 0 radical (unpaired) electrons. The lowest BCUT2D eigenvalue weighted by Gasteiger charge is -2.34. The van der Waals surface area contributed by atoms with Crippen LogP contribution in [0.2, 0.25) is 0 Å². The number of benzene rings is 3. The first-order valence-corrected chi connectivity index (χ1v) is 9.10. The molecule has 0 bridgehead atoms. The van der Waals surface area contributed by atoms with Crippen LogP contribution in [0.25, 0.3) is 0 Å². The molecule has 3 nitrogen and oxygen atoms in total. The maximum absolute atomic E-state index is 13.3. The van der Waals surface area contributed by atoms with Gasteiger partial charge in [-0.05, 0) is 43.0 Å². The van der Waals surface area contributed by atoms with Crippen LogP contribution in [0.1, 0.15) is 38.2 Å². The van der Waals surface area contributed by atoms with E-state index in [0.717, 1.165) is 27.8 Å². The Hall–Kier alpha value is -2.91. The summed E-state index contributed by atoms with van der Waals surface area (Å²) in [6.45, 7) is 5.67. The number of rotatable bonds is 5. The lowest BCUT2D eigenvalue weighted by Crippen LogP contribution is -2.50. The van der Waals surface area contributed by atoms with Crippen molar-refractivity contribution in [1.29, 1.82) is 0 Å². The molecule has 0 atom stereocenters. The van der Waals surface area contributed by atoms with Gasteiger partial charge in [-0.15, -0.1) is 0 Å². The Labute approximate surface area is 160 Å². The van der Waals surface area contributed by atoms with Crippen LogP contribution in [0.4, 0.5) is 0 Å². The van der Waals surface area contributed by atoms with Crippen LogP contribution >= 0.6 is 0 Å². The highest BCUT2D eigenvalue weighted by molar-refractivity contribution is 5.98. The Kier molecular flexibility index (Phi) is 5.43. The molecule has 27 heavy (non-hydrogen) atoms. The third-order valence-electron chi connectivity index (χ3n) is 5.00. The molecule has 0 saturated heterocycles. The molecule has 0 aliphatic rings. The van der Waals surface area contributed by atoms with E-state index in [4.69, 9.17) is 0 Å². The van der Waals surface area contributed by atoms with Crippen molar-refractivity contribution >= 4 is 5.91 Å². The van der Waals surface area contributed by atoms with Gasteiger partial charge in [-0.2, -0.15) is 0 Å². The Balaban J connectivity index is 2.12. The molecule has 0 aromatic heterocycles. The third kappa shape index (κ3) is 3.64. The quantitative estimate of drug-likeness (QED) is 0.714. The number of amides is 1. The first-order chi connectivity index (χ1) is 13.0. The van der Waals surface area contributed by atoms with E-state index in [2.05, 4.69) is 5.32 Å². The highest BCUT2D eigenvalue weighted by Crippen LogP contribution is 2.30. The number of nitrogens with one attached hydrogen (secondary N) is 1. The van der Waals surface area contributed by atoms with Crippen LogP contribution in [-0.4, -0.2) is 17.6 Å². The summed E-state index contributed by atoms with van der Waals surface area (Å²) in [6.07, 6.45) is 0. The highest BCUT2D eigenvalue weighted by atomic mass is 16.3. The van der Waals surface area contributed by atoms with Crippen LogP contribution in [0.3, 0.4) is 0 Å². The van der Waals surface area contributed by atoms with Crippen molar-refractivity contribution in [3.05, 3.63) is 106 Å².